The fraction of sp³-hybridized carbons (Fsp3) is 0.290. The van der Waals surface area contributed by atoms with E-state index in [0.717, 1.165) is 30.1 Å². The van der Waals surface area contributed by atoms with Crippen LogP contribution < -0.4 is 4.74 Å². The van der Waals surface area contributed by atoms with E-state index >= 15 is 8.78 Å². The molecule has 0 bridgehead atoms. The molecule has 0 aliphatic carbocycles. The molecule has 1 atom stereocenters. The summed E-state index contributed by atoms with van der Waals surface area (Å²) >= 11 is 3.39. The van der Waals surface area contributed by atoms with E-state index in [0.29, 0.717) is 34.7 Å². The van der Waals surface area contributed by atoms with Gasteiger partial charge >= 0.3 is 5.97 Å². The van der Waals surface area contributed by atoms with E-state index in [1.165, 1.54) is 13.2 Å². The number of esters is 1. The van der Waals surface area contributed by atoms with Gasteiger partial charge in [0.2, 0.25) is 5.88 Å². The van der Waals surface area contributed by atoms with E-state index in [2.05, 4.69) is 26.0 Å². The molecule has 0 N–H and O–H groups in total. The summed E-state index contributed by atoms with van der Waals surface area (Å²) in [5.41, 5.74) is 2.85. The third-order valence-corrected chi connectivity index (χ3v) is 8.18. The molecule has 3 aromatic heterocycles. The number of hydrogen-bond donors (Lipinski definition) is 0. The molecule has 1 saturated heterocycles. The van der Waals surface area contributed by atoms with Crippen LogP contribution in [0.15, 0.2) is 59.2 Å². The Hall–Kier alpha value is -4.16. The SMILES string of the molecule is COC(=O)c1ccc2nc(Cc3cc(F)c(-c4cccc(OCc5cc(Br)n(C)n5)n4)cc3F)n(CC[C@@H]3CCO3)c2c1. The molecule has 12 heteroatoms. The molecular formula is C31H28BrF2N5O4. The molecule has 1 aliphatic heterocycles. The lowest BCUT2D eigenvalue weighted by Crippen LogP contribution is -2.28. The van der Waals surface area contributed by atoms with Crippen LogP contribution in [0.4, 0.5) is 8.78 Å². The first-order valence-corrected chi connectivity index (χ1v) is 14.5. The van der Waals surface area contributed by atoms with E-state index in [4.69, 9.17) is 19.2 Å². The minimum Gasteiger partial charge on any atom is -0.471 e. The summed E-state index contributed by atoms with van der Waals surface area (Å²) in [4.78, 5) is 21.3. The normalized spacial score (nSPS) is 14.6. The van der Waals surface area contributed by atoms with Crippen LogP contribution in [0.25, 0.3) is 22.3 Å². The van der Waals surface area contributed by atoms with Gasteiger partial charge in [0.05, 0.1) is 35.5 Å². The van der Waals surface area contributed by atoms with Crippen molar-refractivity contribution in [3.63, 3.8) is 0 Å². The Bertz CT molecular complexity index is 1800. The van der Waals surface area contributed by atoms with Crippen LogP contribution in [0.2, 0.25) is 0 Å². The highest BCUT2D eigenvalue weighted by atomic mass is 79.9. The molecule has 222 valence electrons. The number of pyridine rings is 1. The van der Waals surface area contributed by atoms with Gasteiger partial charge in [-0.1, -0.05) is 6.07 Å². The number of aryl methyl sites for hydroxylation is 2. The predicted octanol–water partition coefficient (Wildman–Crippen LogP) is 6.01. The van der Waals surface area contributed by atoms with Gasteiger partial charge in [-0.15, -0.1) is 0 Å². The summed E-state index contributed by atoms with van der Waals surface area (Å²) in [6.07, 6.45) is 1.89. The van der Waals surface area contributed by atoms with Crippen molar-refractivity contribution in [2.24, 2.45) is 7.05 Å². The molecule has 0 amide bonds. The quantitative estimate of drug-likeness (QED) is 0.171. The standard InChI is InChI=1S/C31H28BrF2N5O4/c1-38-28(32)15-20(37-38)17-43-30-5-3-4-25(36-30)22-16-23(33)19(12-24(22)34)14-29-35-26-7-6-18(31(40)41-2)13-27(26)39(29)10-8-21-9-11-42-21/h3-7,12-13,15-16,21H,8-11,14,17H2,1-2H3/t21-/m1/s1. The number of rotatable bonds is 10. The molecule has 6 rings (SSSR count). The maximum absolute atomic E-state index is 15.5. The van der Waals surface area contributed by atoms with E-state index in [1.807, 2.05) is 10.6 Å². The average molecular weight is 652 g/mol. The van der Waals surface area contributed by atoms with Gasteiger partial charge in [0.1, 0.15) is 34.4 Å². The maximum atomic E-state index is 15.5. The van der Waals surface area contributed by atoms with Gasteiger partial charge in [0, 0.05) is 38.2 Å². The molecule has 9 nitrogen and oxygen atoms in total. The van der Waals surface area contributed by atoms with Crippen molar-refractivity contribution in [1.82, 2.24) is 24.3 Å². The second kappa shape index (κ2) is 12.2. The number of methoxy groups -OCH3 is 1. The van der Waals surface area contributed by atoms with Crippen LogP contribution in [-0.4, -0.2) is 50.1 Å². The van der Waals surface area contributed by atoms with E-state index in [-0.39, 0.29) is 41.8 Å². The summed E-state index contributed by atoms with van der Waals surface area (Å²) in [6.45, 7) is 1.45. The molecule has 43 heavy (non-hydrogen) atoms. The predicted molar refractivity (Wildman–Crippen MR) is 158 cm³/mol. The molecule has 1 aliphatic rings. The van der Waals surface area contributed by atoms with Crippen molar-refractivity contribution in [2.45, 2.75) is 38.5 Å². The molecule has 0 saturated carbocycles. The zero-order valence-corrected chi connectivity index (χ0v) is 25.1. The highest BCUT2D eigenvalue weighted by Crippen LogP contribution is 2.29. The van der Waals surface area contributed by atoms with E-state index in [9.17, 15) is 4.79 Å². The number of fused-ring (bicyclic) bond motifs is 1. The summed E-state index contributed by atoms with van der Waals surface area (Å²) in [5, 5.41) is 4.31. The maximum Gasteiger partial charge on any atom is 0.337 e. The van der Waals surface area contributed by atoms with E-state index in [1.54, 1.807) is 48.1 Å². The Kier molecular flexibility index (Phi) is 8.22. The fourth-order valence-corrected chi connectivity index (χ4v) is 5.38. The number of carbonyl (C=O) groups excluding carboxylic acids is 1. The Morgan fingerprint density at radius 3 is 2.67 bits per heavy atom. The number of aromatic nitrogens is 5. The lowest BCUT2D eigenvalue weighted by atomic mass is 10.0. The van der Waals surface area contributed by atoms with Crippen LogP contribution in [0.1, 0.15) is 40.3 Å². The average Bonchev–Trinajstić information content (AvgIpc) is 3.49. The van der Waals surface area contributed by atoms with Gasteiger partial charge in [-0.3, -0.25) is 4.68 Å². The van der Waals surface area contributed by atoms with Crippen LogP contribution in [-0.2, 0) is 36.1 Å². The molecule has 5 aromatic rings. The van der Waals surface area contributed by atoms with Crippen molar-refractivity contribution in [3.8, 4) is 17.1 Å². The van der Waals surface area contributed by atoms with Gasteiger partial charge in [-0.25, -0.2) is 23.5 Å². The summed E-state index contributed by atoms with van der Waals surface area (Å²) < 4.78 is 51.6. The molecule has 2 aromatic carbocycles. The second-order valence-corrected chi connectivity index (χ2v) is 11.1. The first kappa shape index (κ1) is 28.9. The monoisotopic (exact) mass is 651 g/mol. The summed E-state index contributed by atoms with van der Waals surface area (Å²) in [5.74, 6) is -0.849. The van der Waals surface area contributed by atoms with Crippen LogP contribution >= 0.6 is 15.9 Å². The summed E-state index contributed by atoms with van der Waals surface area (Å²) in [7, 11) is 3.12. The number of halogens is 3. The number of nitrogens with zero attached hydrogens (tertiary/aromatic N) is 5. The van der Waals surface area contributed by atoms with Crippen LogP contribution in [0.5, 0.6) is 5.88 Å². The number of benzene rings is 2. The Balaban J connectivity index is 1.26. The molecule has 4 heterocycles. The number of carbonyl (C=O) groups is 1. The van der Waals surface area contributed by atoms with Gasteiger partial charge < -0.3 is 18.8 Å². The third-order valence-electron chi connectivity index (χ3n) is 7.44. The molecular weight excluding hydrogens is 624 g/mol. The van der Waals surface area contributed by atoms with Crippen LogP contribution in [0, 0.1) is 11.6 Å². The van der Waals surface area contributed by atoms with Gasteiger partial charge in [-0.2, -0.15) is 5.10 Å². The molecule has 0 spiro atoms. The smallest absolute Gasteiger partial charge is 0.337 e. The summed E-state index contributed by atoms with van der Waals surface area (Å²) in [6, 6.07) is 14.2. The lowest BCUT2D eigenvalue weighted by molar-refractivity contribution is -0.0563. The van der Waals surface area contributed by atoms with Crippen molar-refractivity contribution in [3.05, 3.63) is 93.5 Å². The van der Waals surface area contributed by atoms with Crippen molar-refractivity contribution < 1.29 is 27.8 Å². The molecule has 0 unspecified atom stereocenters. The largest absolute Gasteiger partial charge is 0.471 e. The second-order valence-electron chi connectivity index (χ2n) is 10.3. The van der Waals surface area contributed by atoms with Crippen LogP contribution in [0.3, 0.4) is 0 Å². The van der Waals surface area contributed by atoms with E-state index < -0.39 is 17.6 Å². The number of ether oxygens (including phenoxy) is 3. The molecule has 1 fully saturated rings. The highest BCUT2D eigenvalue weighted by Gasteiger charge is 2.22. The van der Waals surface area contributed by atoms with Gasteiger partial charge in [0.25, 0.3) is 0 Å². The minimum atomic E-state index is -0.617. The first-order chi connectivity index (χ1) is 20.8. The number of imidazole rings is 1. The van der Waals surface area contributed by atoms with Gasteiger partial charge in [-0.05, 0) is 76.8 Å². The highest BCUT2D eigenvalue weighted by molar-refractivity contribution is 9.10. The minimum absolute atomic E-state index is 0.0191. The first-order valence-electron chi connectivity index (χ1n) is 13.7. The molecule has 0 radical (unpaired) electrons. The Labute approximate surface area is 254 Å². The van der Waals surface area contributed by atoms with Crippen molar-refractivity contribution >= 4 is 32.9 Å². The lowest BCUT2D eigenvalue weighted by Gasteiger charge is -2.26. The topological polar surface area (TPSA) is 93.3 Å². The van der Waals surface area contributed by atoms with Crippen molar-refractivity contribution in [1.29, 1.82) is 0 Å². The third kappa shape index (κ3) is 6.16. The Morgan fingerprint density at radius 2 is 1.95 bits per heavy atom. The fourth-order valence-electron chi connectivity index (χ4n) is 5.04. The van der Waals surface area contributed by atoms with Gasteiger partial charge in [0.15, 0.2) is 0 Å². The Morgan fingerprint density at radius 1 is 1.12 bits per heavy atom. The zero-order valence-electron chi connectivity index (χ0n) is 23.5. The van der Waals surface area contributed by atoms with Crippen molar-refractivity contribution in [2.75, 3.05) is 13.7 Å². The number of hydrogen-bond acceptors (Lipinski definition) is 7. The zero-order chi connectivity index (χ0) is 30.1.